The van der Waals surface area contributed by atoms with E-state index in [1.807, 2.05) is 0 Å². The molecule has 0 heterocycles. The quantitative estimate of drug-likeness (QED) is 0.768. The molecule has 1 aromatic rings. The van der Waals surface area contributed by atoms with Gasteiger partial charge in [-0.15, -0.1) is 0 Å². The van der Waals surface area contributed by atoms with Gasteiger partial charge in [0.25, 0.3) is 5.91 Å². The number of hydrogen-bond acceptors (Lipinski definition) is 3. The Morgan fingerprint density at radius 2 is 2.05 bits per heavy atom. The zero-order chi connectivity index (χ0) is 14.4. The van der Waals surface area contributed by atoms with E-state index < -0.39 is 0 Å². The van der Waals surface area contributed by atoms with Gasteiger partial charge in [-0.25, -0.2) is 0 Å². The minimum atomic E-state index is -0.272. The van der Waals surface area contributed by atoms with Gasteiger partial charge in [-0.05, 0) is 24.6 Å². The van der Waals surface area contributed by atoms with Crippen LogP contribution in [0.4, 0.5) is 0 Å². The molecule has 0 saturated heterocycles. The normalized spacial score (nSPS) is 10.1. The molecule has 19 heavy (non-hydrogen) atoms. The zero-order valence-corrected chi connectivity index (χ0v) is 13.1. The third-order valence-electron chi connectivity index (χ3n) is 2.56. The first-order chi connectivity index (χ1) is 8.93. The van der Waals surface area contributed by atoms with Gasteiger partial charge >= 0.3 is 5.97 Å². The van der Waals surface area contributed by atoms with Crippen molar-refractivity contribution < 1.29 is 14.3 Å². The highest BCUT2D eigenvalue weighted by Gasteiger charge is 2.13. The molecule has 0 radical (unpaired) electrons. The van der Waals surface area contributed by atoms with Crippen LogP contribution in [0.3, 0.4) is 0 Å². The van der Waals surface area contributed by atoms with Crippen molar-refractivity contribution >= 4 is 39.4 Å². The van der Waals surface area contributed by atoms with Crippen molar-refractivity contribution in [3.05, 3.63) is 33.3 Å². The van der Waals surface area contributed by atoms with Gasteiger partial charge in [-0.2, -0.15) is 0 Å². The Bertz CT molecular complexity index is 459. The first-order valence-corrected chi connectivity index (χ1v) is 6.89. The van der Waals surface area contributed by atoms with E-state index in [0.717, 1.165) is 4.47 Å². The molecule has 104 valence electrons. The van der Waals surface area contributed by atoms with Crippen molar-refractivity contribution in [1.82, 2.24) is 4.90 Å². The third-order valence-corrected chi connectivity index (χ3v) is 3.23. The van der Waals surface area contributed by atoms with Gasteiger partial charge in [-0.1, -0.05) is 27.5 Å². The van der Waals surface area contributed by atoms with Gasteiger partial charge in [0.15, 0.2) is 0 Å². The molecular formula is C13H15BrClNO3. The second kappa shape index (κ2) is 7.50. The van der Waals surface area contributed by atoms with Crippen molar-refractivity contribution in [2.75, 3.05) is 20.7 Å². The van der Waals surface area contributed by atoms with E-state index in [1.165, 1.54) is 7.11 Å². The molecule has 0 fully saturated rings. The smallest absolute Gasteiger partial charge is 0.305 e. The maximum absolute atomic E-state index is 12.1. The summed E-state index contributed by atoms with van der Waals surface area (Å²) in [6.45, 7) is 0.484. The number of nitrogens with zero attached hydrogens (tertiary/aromatic N) is 1. The Morgan fingerprint density at radius 1 is 1.37 bits per heavy atom. The molecule has 1 aromatic carbocycles. The van der Waals surface area contributed by atoms with Crippen LogP contribution in [0, 0.1) is 0 Å². The van der Waals surface area contributed by atoms with Crippen molar-refractivity contribution in [3.63, 3.8) is 0 Å². The summed E-state index contributed by atoms with van der Waals surface area (Å²) < 4.78 is 5.30. The highest BCUT2D eigenvalue weighted by Crippen LogP contribution is 2.20. The predicted octanol–water partition coefficient (Wildman–Crippen LogP) is 3.13. The number of esters is 1. The summed E-state index contributed by atoms with van der Waals surface area (Å²) in [5.74, 6) is -0.403. The summed E-state index contributed by atoms with van der Waals surface area (Å²) >= 11 is 9.20. The fourth-order valence-corrected chi connectivity index (χ4v) is 2.42. The Morgan fingerprint density at radius 3 is 2.63 bits per heavy atom. The second-order valence-electron chi connectivity index (χ2n) is 4.06. The van der Waals surface area contributed by atoms with Crippen LogP contribution in [-0.4, -0.2) is 37.5 Å². The lowest BCUT2D eigenvalue weighted by molar-refractivity contribution is -0.140. The first-order valence-electron chi connectivity index (χ1n) is 5.72. The highest BCUT2D eigenvalue weighted by molar-refractivity contribution is 9.10. The number of benzene rings is 1. The number of methoxy groups -OCH3 is 1. The summed E-state index contributed by atoms with van der Waals surface area (Å²) in [5.41, 5.74) is 0.514. The SMILES string of the molecule is COC(=O)CCCN(C)C(=O)c1cc(Cl)cc(Br)c1. The molecule has 4 nitrogen and oxygen atoms in total. The lowest BCUT2D eigenvalue weighted by Gasteiger charge is -2.17. The first kappa shape index (κ1) is 16.0. The number of amides is 1. The summed E-state index contributed by atoms with van der Waals surface area (Å²) in [6.07, 6.45) is 0.865. The van der Waals surface area contributed by atoms with Crippen LogP contribution in [-0.2, 0) is 9.53 Å². The fourth-order valence-electron chi connectivity index (χ4n) is 1.56. The lowest BCUT2D eigenvalue weighted by Crippen LogP contribution is -2.28. The molecule has 0 aliphatic rings. The molecule has 0 saturated carbocycles. The monoisotopic (exact) mass is 347 g/mol. The lowest BCUT2D eigenvalue weighted by atomic mass is 10.2. The average Bonchev–Trinajstić information content (AvgIpc) is 2.36. The van der Waals surface area contributed by atoms with E-state index in [0.29, 0.717) is 30.0 Å². The molecule has 1 rings (SSSR count). The van der Waals surface area contributed by atoms with E-state index in [2.05, 4.69) is 20.7 Å². The van der Waals surface area contributed by atoms with Crippen molar-refractivity contribution in [2.24, 2.45) is 0 Å². The number of carbonyl (C=O) groups excluding carboxylic acids is 2. The topological polar surface area (TPSA) is 46.6 Å². The molecule has 0 atom stereocenters. The number of hydrogen-bond donors (Lipinski definition) is 0. The molecular weight excluding hydrogens is 334 g/mol. The largest absolute Gasteiger partial charge is 0.469 e. The Kier molecular flexibility index (Phi) is 6.31. The maximum Gasteiger partial charge on any atom is 0.305 e. The third kappa shape index (κ3) is 5.20. The van der Waals surface area contributed by atoms with E-state index in [9.17, 15) is 9.59 Å². The van der Waals surface area contributed by atoms with E-state index >= 15 is 0 Å². The Balaban J connectivity index is 2.59. The van der Waals surface area contributed by atoms with Crippen LogP contribution < -0.4 is 0 Å². The van der Waals surface area contributed by atoms with Crippen molar-refractivity contribution in [2.45, 2.75) is 12.8 Å². The second-order valence-corrected chi connectivity index (χ2v) is 5.42. The number of carbonyl (C=O) groups is 2. The average molecular weight is 349 g/mol. The molecule has 6 heteroatoms. The molecule has 0 aliphatic carbocycles. The van der Waals surface area contributed by atoms with E-state index in [-0.39, 0.29) is 11.9 Å². The van der Waals surface area contributed by atoms with Gasteiger partial charge in [0.2, 0.25) is 0 Å². The van der Waals surface area contributed by atoms with Gasteiger partial charge in [0.05, 0.1) is 7.11 Å². The molecule has 0 aliphatic heterocycles. The van der Waals surface area contributed by atoms with Crippen molar-refractivity contribution in [1.29, 1.82) is 0 Å². The molecule has 0 aromatic heterocycles. The summed E-state index contributed by atoms with van der Waals surface area (Å²) in [7, 11) is 3.04. The van der Waals surface area contributed by atoms with Gasteiger partial charge in [0, 0.05) is 35.1 Å². The molecule has 0 bridgehead atoms. The van der Waals surface area contributed by atoms with Gasteiger partial charge in [-0.3, -0.25) is 9.59 Å². The standard InChI is InChI=1S/C13H15BrClNO3/c1-16(5-3-4-12(17)19-2)13(18)9-6-10(14)8-11(15)7-9/h6-8H,3-5H2,1-2H3. The minimum Gasteiger partial charge on any atom is -0.469 e. The van der Waals surface area contributed by atoms with Crippen LogP contribution in [0.2, 0.25) is 5.02 Å². The van der Waals surface area contributed by atoms with Crippen LogP contribution in [0.15, 0.2) is 22.7 Å². The van der Waals surface area contributed by atoms with Crippen LogP contribution in [0.25, 0.3) is 0 Å². The minimum absolute atomic E-state index is 0.131. The Hall–Kier alpha value is -1.07. The summed E-state index contributed by atoms with van der Waals surface area (Å²) in [5, 5.41) is 0.501. The number of ether oxygens (including phenoxy) is 1. The van der Waals surface area contributed by atoms with Gasteiger partial charge in [0.1, 0.15) is 0 Å². The molecule has 0 unspecified atom stereocenters. The molecule has 0 spiro atoms. The highest BCUT2D eigenvalue weighted by atomic mass is 79.9. The van der Waals surface area contributed by atoms with E-state index in [1.54, 1.807) is 30.1 Å². The molecule has 0 N–H and O–H groups in total. The number of halogens is 2. The zero-order valence-electron chi connectivity index (χ0n) is 10.8. The van der Waals surface area contributed by atoms with Crippen LogP contribution in [0.5, 0.6) is 0 Å². The maximum atomic E-state index is 12.1. The number of rotatable bonds is 5. The molecule has 1 amide bonds. The predicted molar refractivity (Wildman–Crippen MR) is 77.4 cm³/mol. The summed E-state index contributed by atoms with van der Waals surface area (Å²) in [4.78, 5) is 24.7. The van der Waals surface area contributed by atoms with Gasteiger partial charge < -0.3 is 9.64 Å². The van der Waals surface area contributed by atoms with Crippen LogP contribution in [0.1, 0.15) is 23.2 Å². The summed E-state index contributed by atoms with van der Waals surface area (Å²) in [6, 6.07) is 5.05. The Labute approximate surface area is 125 Å². The van der Waals surface area contributed by atoms with E-state index in [4.69, 9.17) is 11.6 Å². The fraction of sp³-hybridized carbons (Fsp3) is 0.385. The van der Waals surface area contributed by atoms with Crippen LogP contribution >= 0.6 is 27.5 Å². The van der Waals surface area contributed by atoms with Crippen molar-refractivity contribution in [3.8, 4) is 0 Å².